The number of methoxy groups -OCH3 is 1. The Bertz CT molecular complexity index is 199. The van der Waals surface area contributed by atoms with Gasteiger partial charge in [-0.15, -0.1) is 0 Å². The minimum atomic E-state index is 0.0439. The summed E-state index contributed by atoms with van der Waals surface area (Å²) in [6.45, 7) is 8.57. The molecule has 0 unspecified atom stereocenters. The average molecular weight is 231 g/mol. The van der Waals surface area contributed by atoms with Gasteiger partial charge >= 0.3 is 0 Å². The Labute approximate surface area is 98.9 Å². The van der Waals surface area contributed by atoms with Crippen LogP contribution in [-0.2, 0) is 14.3 Å². The van der Waals surface area contributed by atoms with Gasteiger partial charge in [-0.25, -0.2) is 0 Å². The minimum Gasteiger partial charge on any atom is -0.382 e. The first-order valence-electron chi connectivity index (χ1n) is 5.67. The Balaban J connectivity index is 3.64. The van der Waals surface area contributed by atoms with Gasteiger partial charge in [0.25, 0.3) is 0 Å². The number of carbonyl (C=O) groups excluding carboxylic acids is 1. The zero-order chi connectivity index (χ0) is 12.6. The highest BCUT2D eigenvalue weighted by Gasteiger charge is 2.18. The monoisotopic (exact) mass is 231 g/mol. The van der Waals surface area contributed by atoms with E-state index < -0.39 is 0 Å². The smallest absolute Gasteiger partial charge is 0.222 e. The molecule has 0 atom stereocenters. The van der Waals surface area contributed by atoms with Crippen LogP contribution in [0.5, 0.6) is 0 Å². The van der Waals surface area contributed by atoms with E-state index in [2.05, 4.69) is 20.8 Å². The zero-order valence-corrected chi connectivity index (χ0v) is 11.2. The van der Waals surface area contributed by atoms with E-state index >= 15 is 0 Å². The Morgan fingerprint density at radius 1 is 1.19 bits per heavy atom. The first-order chi connectivity index (χ1) is 7.37. The Hall–Kier alpha value is -0.610. The molecule has 0 fully saturated rings. The molecule has 0 spiro atoms. The molecule has 0 rings (SSSR count). The molecule has 0 aliphatic heterocycles. The Kier molecular flexibility index (Phi) is 7.34. The molecule has 0 aliphatic rings. The average Bonchev–Trinajstić information content (AvgIpc) is 2.14. The molecule has 0 heterocycles. The highest BCUT2D eigenvalue weighted by Crippen LogP contribution is 2.19. The second-order valence-corrected chi connectivity index (χ2v) is 5.16. The van der Waals surface area contributed by atoms with Gasteiger partial charge in [-0.2, -0.15) is 0 Å². The topological polar surface area (TPSA) is 38.8 Å². The molecule has 96 valence electrons. The number of nitrogens with zero attached hydrogens (tertiary/aromatic N) is 1. The zero-order valence-electron chi connectivity index (χ0n) is 11.2. The third kappa shape index (κ3) is 8.68. The maximum atomic E-state index is 11.7. The molecule has 0 aromatic heterocycles. The molecule has 4 nitrogen and oxygen atoms in total. The van der Waals surface area contributed by atoms with Crippen LogP contribution in [0.3, 0.4) is 0 Å². The summed E-state index contributed by atoms with van der Waals surface area (Å²) in [5, 5.41) is 0. The van der Waals surface area contributed by atoms with Crippen molar-refractivity contribution >= 4 is 5.91 Å². The summed E-state index contributed by atoms with van der Waals surface area (Å²) < 4.78 is 10.2. The summed E-state index contributed by atoms with van der Waals surface area (Å²) in [5.41, 5.74) is 0.0439. The highest BCUT2D eigenvalue weighted by molar-refractivity contribution is 5.76. The summed E-state index contributed by atoms with van der Waals surface area (Å²) in [6, 6.07) is 0. The summed E-state index contributed by atoms with van der Waals surface area (Å²) in [5.74, 6) is 0.169. The van der Waals surface area contributed by atoms with Crippen molar-refractivity contribution in [3.8, 4) is 0 Å². The number of likely N-dealkylation sites (N-methyl/N-ethyl adjacent to an activating group) is 1. The van der Waals surface area contributed by atoms with E-state index in [0.29, 0.717) is 32.8 Å². The lowest BCUT2D eigenvalue weighted by atomic mass is 9.92. The van der Waals surface area contributed by atoms with E-state index in [-0.39, 0.29) is 11.3 Å². The number of hydrogen-bond donors (Lipinski definition) is 0. The summed E-state index contributed by atoms with van der Waals surface area (Å²) in [4.78, 5) is 13.4. The highest BCUT2D eigenvalue weighted by atomic mass is 16.5. The van der Waals surface area contributed by atoms with Crippen LogP contribution in [-0.4, -0.2) is 51.3 Å². The molecule has 1 amide bonds. The van der Waals surface area contributed by atoms with Crippen molar-refractivity contribution in [1.29, 1.82) is 0 Å². The van der Waals surface area contributed by atoms with Crippen LogP contribution in [0.25, 0.3) is 0 Å². The lowest BCUT2D eigenvalue weighted by Gasteiger charge is -2.23. The summed E-state index contributed by atoms with van der Waals surface area (Å²) in [7, 11) is 3.45. The number of hydrogen-bond acceptors (Lipinski definition) is 3. The molecule has 16 heavy (non-hydrogen) atoms. The first-order valence-corrected chi connectivity index (χ1v) is 5.67. The molecule has 0 aromatic carbocycles. The van der Waals surface area contributed by atoms with Gasteiger partial charge in [0.1, 0.15) is 0 Å². The molecule has 4 heteroatoms. The third-order valence-corrected chi connectivity index (χ3v) is 2.11. The molecule has 0 saturated carbocycles. The number of carbonyl (C=O) groups is 1. The molecule has 0 aromatic rings. The largest absolute Gasteiger partial charge is 0.382 e. The number of rotatable bonds is 7. The maximum absolute atomic E-state index is 11.7. The minimum absolute atomic E-state index is 0.0439. The second-order valence-electron chi connectivity index (χ2n) is 5.16. The lowest BCUT2D eigenvalue weighted by Crippen LogP contribution is -2.32. The fourth-order valence-electron chi connectivity index (χ4n) is 1.16. The maximum Gasteiger partial charge on any atom is 0.222 e. The molecule has 0 saturated heterocycles. The molecular formula is C12H25NO3. The van der Waals surface area contributed by atoms with Crippen molar-refractivity contribution in [2.24, 2.45) is 5.41 Å². The van der Waals surface area contributed by atoms with E-state index in [4.69, 9.17) is 9.47 Å². The van der Waals surface area contributed by atoms with Crippen LogP contribution in [0.2, 0.25) is 0 Å². The van der Waals surface area contributed by atoms with Gasteiger partial charge in [-0.05, 0) is 5.41 Å². The van der Waals surface area contributed by atoms with Crippen molar-refractivity contribution in [1.82, 2.24) is 4.90 Å². The van der Waals surface area contributed by atoms with E-state index in [1.54, 1.807) is 12.0 Å². The number of amides is 1. The second kappa shape index (κ2) is 7.63. The van der Waals surface area contributed by atoms with Gasteiger partial charge in [0.15, 0.2) is 0 Å². The van der Waals surface area contributed by atoms with Crippen molar-refractivity contribution in [2.75, 3.05) is 40.5 Å². The molecule has 0 bridgehead atoms. The normalized spacial score (nSPS) is 11.6. The van der Waals surface area contributed by atoms with Crippen LogP contribution in [0.15, 0.2) is 0 Å². The summed E-state index contributed by atoms with van der Waals surface area (Å²) in [6.07, 6.45) is 0.571. The van der Waals surface area contributed by atoms with Crippen LogP contribution in [0, 0.1) is 5.41 Å². The number of ether oxygens (including phenoxy) is 2. The molecule has 0 aliphatic carbocycles. The fraction of sp³-hybridized carbons (Fsp3) is 0.917. The van der Waals surface area contributed by atoms with Crippen molar-refractivity contribution in [3.63, 3.8) is 0 Å². The van der Waals surface area contributed by atoms with E-state index in [1.807, 2.05) is 7.05 Å². The van der Waals surface area contributed by atoms with Gasteiger partial charge in [0, 0.05) is 27.1 Å². The first kappa shape index (κ1) is 15.4. The predicted octanol–water partition coefficient (Wildman–Crippen LogP) is 1.54. The third-order valence-electron chi connectivity index (χ3n) is 2.11. The fourth-order valence-corrected chi connectivity index (χ4v) is 1.16. The standard InChI is InChI=1S/C12H25NO3/c1-12(2,3)10-11(14)13(4)6-7-16-9-8-15-5/h6-10H2,1-5H3. The van der Waals surface area contributed by atoms with Gasteiger partial charge in [-0.1, -0.05) is 20.8 Å². The van der Waals surface area contributed by atoms with Crippen LogP contribution in [0.1, 0.15) is 27.2 Å². The van der Waals surface area contributed by atoms with Crippen LogP contribution in [0.4, 0.5) is 0 Å². The summed E-state index contributed by atoms with van der Waals surface area (Å²) >= 11 is 0. The van der Waals surface area contributed by atoms with Crippen molar-refractivity contribution in [2.45, 2.75) is 27.2 Å². The van der Waals surface area contributed by atoms with E-state index in [9.17, 15) is 4.79 Å². The van der Waals surface area contributed by atoms with Gasteiger partial charge in [-0.3, -0.25) is 4.79 Å². The van der Waals surface area contributed by atoms with E-state index in [0.717, 1.165) is 0 Å². The lowest BCUT2D eigenvalue weighted by molar-refractivity contribution is -0.132. The van der Waals surface area contributed by atoms with Crippen molar-refractivity contribution < 1.29 is 14.3 Å². The van der Waals surface area contributed by atoms with Gasteiger partial charge in [0.2, 0.25) is 5.91 Å². The Morgan fingerprint density at radius 2 is 1.81 bits per heavy atom. The molecule has 0 N–H and O–H groups in total. The molecule has 0 radical (unpaired) electrons. The SMILES string of the molecule is COCCOCCN(C)C(=O)CC(C)(C)C. The molecular weight excluding hydrogens is 206 g/mol. The van der Waals surface area contributed by atoms with Crippen LogP contribution < -0.4 is 0 Å². The quantitative estimate of drug-likeness (QED) is 0.624. The van der Waals surface area contributed by atoms with Crippen LogP contribution >= 0.6 is 0 Å². The van der Waals surface area contributed by atoms with Gasteiger partial charge in [0.05, 0.1) is 19.8 Å². The van der Waals surface area contributed by atoms with Gasteiger partial charge < -0.3 is 14.4 Å². The Morgan fingerprint density at radius 3 is 2.31 bits per heavy atom. The van der Waals surface area contributed by atoms with E-state index in [1.165, 1.54) is 0 Å². The predicted molar refractivity (Wildman–Crippen MR) is 64.4 cm³/mol. The van der Waals surface area contributed by atoms with Crippen molar-refractivity contribution in [3.05, 3.63) is 0 Å².